The summed E-state index contributed by atoms with van der Waals surface area (Å²) in [4.78, 5) is 0. The molecule has 0 saturated carbocycles. The molecule has 0 aliphatic heterocycles. The minimum Gasteiger partial charge on any atom is -0.317 e. The van der Waals surface area contributed by atoms with Gasteiger partial charge in [0.25, 0.3) is 0 Å². The van der Waals surface area contributed by atoms with Crippen molar-refractivity contribution >= 4 is 0 Å². The molecule has 0 saturated heterocycles. The Hall–Kier alpha value is -0.0800. The molecule has 0 fully saturated rings. The van der Waals surface area contributed by atoms with Crippen molar-refractivity contribution in [1.82, 2.24) is 10.6 Å². The fourth-order valence-electron chi connectivity index (χ4n) is 7.20. The molecule has 0 bridgehead atoms. The van der Waals surface area contributed by atoms with Gasteiger partial charge in [0.1, 0.15) is 0 Å². The molecule has 0 radical (unpaired) electrons. The Morgan fingerprint density at radius 3 is 0.420 bits per heavy atom. The Morgan fingerprint density at radius 2 is 0.280 bits per heavy atom. The van der Waals surface area contributed by atoms with Crippen LogP contribution in [-0.4, -0.2) is 26.2 Å². The lowest BCUT2D eigenvalue weighted by Gasteiger charge is -2.05. The standard InChI is InChI=1S/2C24H51N/c2*1-3-5-7-9-11-13-15-17-19-21-23-25-24-22-20-18-16-14-12-10-8-6-4-2/h2*25H,3-24H2,1-2H3. The van der Waals surface area contributed by atoms with E-state index in [-0.39, 0.29) is 0 Å². The second-order valence-electron chi connectivity index (χ2n) is 16.2. The Kier molecular flexibility index (Phi) is 55.4. The lowest BCUT2D eigenvalue weighted by atomic mass is 10.1. The van der Waals surface area contributed by atoms with Gasteiger partial charge < -0.3 is 10.6 Å². The number of unbranched alkanes of at least 4 members (excludes halogenated alkanes) is 36. The van der Waals surface area contributed by atoms with E-state index in [1.54, 1.807) is 0 Å². The van der Waals surface area contributed by atoms with Crippen LogP contribution in [0.5, 0.6) is 0 Å². The van der Waals surface area contributed by atoms with Gasteiger partial charge in [-0.05, 0) is 51.9 Å². The molecule has 50 heavy (non-hydrogen) atoms. The van der Waals surface area contributed by atoms with Crippen LogP contribution in [0, 0.1) is 0 Å². The molecule has 0 atom stereocenters. The van der Waals surface area contributed by atoms with Crippen LogP contribution >= 0.6 is 0 Å². The molecule has 0 unspecified atom stereocenters. The van der Waals surface area contributed by atoms with Crippen molar-refractivity contribution in [3.8, 4) is 0 Å². The van der Waals surface area contributed by atoms with Crippen molar-refractivity contribution in [3.05, 3.63) is 0 Å². The van der Waals surface area contributed by atoms with Crippen LogP contribution in [0.4, 0.5) is 0 Å². The zero-order chi connectivity index (χ0) is 36.5. The first-order chi connectivity index (χ1) is 24.8. The highest BCUT2D eigenvalue weighted by Crippen LogP contribution is 2.13. The van der Waals surface area contributed by atoms with Crippen LogP contribution in [0.15, 0.2) is 0 Å². The van der Waals surface area contributed by atoms with Crippen LogP contribution in [0.25, 0.3) is 0 Å². The summed E-state index contributed by atoms with van der Waals surface area (Å²) in [6.07, 6.45) is 57.6. The van der Waals surface area contributed by atoms with Gasteiger partial charge in [0.15, 0.2) is 0 Å². The second kappa shape index (κ2) is 53.3. The second-order valence-corrected chi connectivity index (χ2v) is 16.2. The van der Waals surface area contributed by atoms with Gasteiger partial charge in [-0.2, -0.15) is 0 Å². The molecule has 0 aliphatic carbocycles. The lowest BCUT2D eigenvalue weighted by molar-refractivity contribution is 0.525. The van der Waals surface area contributed by atoms with E-state index in [1.165, 1.54) is 283 Å². The molecular weight excluding hydrogens is 605 g/mol. The molecular formula is C48H102N2. The fourth-order valence-corrected chi connectivity index (χ4v) is 7.20. The normalized spacial score (nSPS) is 11.3. The maximum Gasteiger partial charge on any atom is -0.00489 e. The van der Waals surface area contributed by atoms with E-state index in [9.17, 15) is 0 Å². The zero-order valence-electron chi connectivity index (χ0n) is 36.1. The first-order valence-corrected chi connectivity index (χ1v) is 24.2. The van der Waals surface area contributed by atoms with Crippen LogP contribution < -0.4 is 10.6 Å². The summed E-state index contributed by atoms with van der Waals surface area (Å²) in [5.74, 6) is 0. The van der Waals surface area contributed by atoms with Crippen molar-refractivity contribution in [2.45, 2.75) is 285 Å². The van der Waals surface area contributed by atoms with E-state index in [0.717, 1.165) is 0 Å². The average molecular weight is 707 g/mol. The predicted molar refractivity (Wildman–Crippen MR) is 233 cm³/mol. The Balaban J connectivity index is 0. The molecule has 2 heteroatoms. The maximum atomic E-state index is 3.64. The summed E-state index contributed by atoms with van der Waals surface area (Å²) in [7, 11) is 0. The Labute approximate surface area is 320 Å². The Bertz CT molecular complexity index is 430. The van der Waals surface area contributed by atoms with Gasteiger partial charge in [0.2, 0.25) is 0 Å². The quantitative estimate of drug-likeness (QED) is 0.0616. The van der Waals surface area contributed by atoms with Gasteiger partial charge in [0.05, 0.1) is 0 Å². The first kappa shape index (κ1) is 52.0. The summed E-state index contributed by atoms with van der Waals surface area (Å²) >= 11 is 0. The lowest BCUT2D eigenvalue weighted by Crippen LogP contribution is -2.16. The molecule has 0 rings (SSSR count). The molecule has 0 amide bonds. The third-order valence-corrected chi connectivity index (χ3v) is 10.8. The van der Waals surface area contributed by atoms with E-state index in [0.29, 0.717) is 0 Å². The molecule has 2 N–H and O–H groups in total. The van der Waals surface area contributed by atoms with E-state index < -0.39 is 0 Å². The highest BCUT2D eigenvalue weighted by atomic mass is 14.8. The molecule has 0 aromatic heterocycles. The number of hydrogen-bond acceptors (Lipinski definition) is 2. The highest BCUT2D eigenvalue weighted by molar-refractivity contribution is 4.55. The highest BCUT2D eigenvalue weighted by Gasteiger charge is 1.97. The van der Waals surface area contributed by atoms with E-state index in [2.05, 4.69) is 38.3 Å². The summed E-state index contributed by atoms with van der Waals surface area (Å²) in [6, 6.07) is 0. The predicted octanol–water partition coefficient (Wildman–Crippen LogP) is 16.8. The summed E-state index contributed by atoms with van der Waals surface area (Å²) in [5.41, 5.74) is 0. The van der Waals surface area contributed by atoms with Gasteiger partial charge in [-0.3, -0.25) is 0 Å². The molecule has 0 aromatic rings. The number of nitrogens with one attached hydrogen (secondary N) is 2. The molecule has 0 aromatic carbocycles. The summed E-state index contributed by atoms with van der Waals surface area (Å²) < 4.78 is 0. The molecule has 304 valence electrons. The largest absolute Gasteiger partial charge is 0.317 e. The van der Waals surface area contributed by atoms with Crippen LogP contribution in [0.1, 0.15) is 285 Å². The number of rotatable bonds is 44. The zero-order valence-corrected chi connectivity index (χ0v) is 36.1. The van der Waals surface area contributed by atoms with Gasteiger partial charge in [-0.15, -0.1) is 0 Å². The van der Waals surface area contributed by atoms with Gasteiger partial charge >= 0.3 is 0 Å². The van der Waals surface area contributed by atoms with Gasteiger partial charge in [-0.1, -0.05) is 259 Å². The van der Waals surface area contributed by atoms with Crippen molar-refractivity contribution in [2.24, 2.45) is 0 Å². The molecule has 2 nitrogen and oxygen atoms in total. The third-order valence-electron chi connectivity index (χ3n) is 10.8. The van der Waals surface area contributed by atoms with E-state index >= 15 is 0 Å². The summed E-state index contributed by atoms with van der Waals surface area (Å²) in [6.45, 7) is 14.2. The number of hydrogen-bond donors (Lipinski definition) is 2. The smallest absolute Gasteiger partial charge is 0.00489 e. The van der Waals surface area contributed by atoms with Crippen molar-refractivity contribution in [1.29, 1.82) is 0 Å². The van der Waals surface area contributed by atoms with Crippen molar-refractivity contribution in [3.63, 3.8) is 0 Å². The molecule has 0 heterocycles. The van der Waals surface area contributed by atoms with Crippen LogP contribution in [0.3, 0.4) is 0 Å². The van der Waals surface area contributed by atoms with Gasteiger partial charge in [-0.25, -0.2) is 0 Å². The van der Waals surface area contributed by atoms with Crippen LogP contribution in [-0.2, 0) is 0 Å². The SMILES string of the molecule is CCCCCCCCCCCCNCCCCCCCCCCCC.CCCCCCCCCCCCNCCCCCCCCCCCC. The molecule has 0 spiro atoms. The monoisotopic (exact) mass is 707 g/mol. The third kappa shape index (κ3) is 54.7. The first-order valence-electron chi connectivity index (χ1n) is 24.2. The fraction of sp³-hybridized carbons (Fsp3) is 1.00. The molecule has 0 aliphatic rings. The summed E-state index contributed by atoms with van der Waals surface area (Å²) in [5, 5.41) is 7.27. The van der Waals surface area contributed by atoms with E-state index in [1.807, 2.05) is 0 Å². The van der Waals surface area contributed by atoms with Gasteiger partial charge in [0, 0.05) is 0 Å². The minimum atomic E-state index is 1.24. The Morgan fingerprint density at radius 1 is 0.160 bits per heavy atom. The van der Waals surface area contributed by atoms with Crippen LogP contribution in [0.2, 0.25) is 0 Å². The topological polar surface area (TPSA) is 24.1 Å². The van der Waals surface area contributed by atoms with Crippen molar-refractivity contribution < 1.29 is 0 Å². The average Bonchev–Trinajstić information content (AvgIpc) is 3.13. The minimum absolute atomic E-state index is 1.24. The maximum absolute atomic E-state index is 3.64. The van der Waals surface area contributed by atoms with E-state index in [4.69, 9.17) is 0 Å². The van der Waals surface area contributed by atoms with Crippen molar-refractivity contribution in [2.75, 3.05) is 26.2 Å².